The van der Waals surface area contributed by atoms with Crippen LogP contribution in [0.5, 0.6) is 5.75 Å². The minimum absolute atomic E-state index is 0.0573. The molecule has 29 heavy (non-hydrogen) atoms. The molecule has 1 aliphatic rings. The number of hydrogen-bond acceptors (Lipinski definition) is 5. The van der Waals surface area contributed by atoms with Gasteiger partial charge in [0.05, 0.1) is 18.2 Å². The smallest absolute Gasteiger partial charge is 0.191 e. The molecule has 1 aliphatic heterocycles. The summed E-state index contributed by atoms with van der Waals surface area (Å²) in [6, 6.07) is 13.7. The van der Waals surface area contributed by atoms with E-state index in [1.807, 2.05) is 59.9 Å². The van der Waals surface area contributed by atoms with Crippen molar-refractivity contribution in [2.75, 3.05) is 39.2 Å². The highest BCUT2D eigenvalue weighted by atomic mass is 16.5. The van der Waals surface area contributed by atoms with E-state index < -0.39 is 0 Å². The molecule has 3 heterocycles. The van der Waals surface area contributed by atoms with Crippen molar-refractivity contribution in [3.63, 3.8) is 0 Å². The molecule has 0 spiro atoms. The van der Waals surface area contributed by atoms with Crippen molar-refractivity contribution in [1.82, 2.24) is 14.5 Å². The molecule has 0 N–H and O–H groups in total. The highest BCUT2D eigenvalue weighted by molar-refractivity contribution is 6.13. The second kappa shape index (κ2) is 7.99. The number of nitrogens with zero attached hydrogens (tertiary/aromatic N) is 4. The summed E-state index contributed by atoms with van der Waals surface area (Å²) >= 11 is 0. The monoisotopic (exact) mass is 390 g/mol. The number of fused-ring (bicyclic) bond motifs is 1. The van der Waals surface area contributed by atoms with Crippen molar-refractivity contribution in [2.24, 2.45) is 0 Å². The zero-order valence-corrected chi connectivity index (χ0v) is 17.1. The predicted molar refractivity (Wildman–Crippen MR) is 116 cm³/mol. The Hall–Kier alpha value is -3.28. The van der Waals surface area contributed by atoms with Gasteiger partial charge in [0.2, 0.25) is 0 Å². The molecule has 0 radical (unpaired) electrons. The Morgan fingerprint density at radius 2 is 1.83 bits per heavy atom. The van der Waals surface area contributed by atoms with E-state index in [0.717, 1.165) is 35.7 Å². The van der Waals surface area contributed by atoms with Gasteiger partial charge >= 0.3 is 0 Å². The molecule has 1 aromatic carbocycles. The molecule has 3 aromatic rings. The summed E-state index contributed by atoms with van der Waals surface area (Å²) < 4.78 is 7.20. The second-order valence-electron chi connectivity index (χ2n) is 7.47. The van der Waals surface area contributed by atoms with Gasteiger partial charge in [0.15, 0.2) is 5.78 Å². The lowest BCUT2D eigenvalue weighted by atomic mass is 10.0. The lowest BCUT2D eigenvalue weighted by Crippen LogP contribution is -2.20. The molecular weight excluding hydrogens is 364 g/mol. The molecule has 0 atom stereocenters. The summed E-state index contributed by atoms with van der Waals surface area (Å²) in [6.45, 7) is 2.03. The number of rotatable bonds is 6. The van der Waals surface area contributed by atoms with Crippen LogP contribution < -0.4 is 9.64 Å². The molecule has 150 valence electrons. The van der Waals surface area contributed by atoms with E-state index >= 15 is 0 Å². The van der Waals surface area contributed by atoms with Crippen LogP contribution in [-0.2, 0) is 0 Å². The molecule has 6 heteroatoms. The summed E-state index contributed by atoms with van der Waals surface area (Å²) in [7, 11) is 5.44. The number of pyridine rings is 1. The van der Waals surface area contributed by atoms with Crippen LogP contribution >= 0.6 is 0 Å². The first-order valence-corrected chi connectivity index (χ1v) is 9.88. The van der Waals surface area contributed by atoms with Gasteiger partial charge in [-0.25, -0.2) is 4.52 Å². The first kappa shape index (κ1) is 19.1. The molecular formula is C23H26N4O2. The molecule has 0 bridgehead atoms. The Kier molecular flexibility index (Phi) is 5.25. The Morgan fingerprint density at radius 3 is 2.48 bits per heavy atom. The SMILES string of the molecule is COc1ccc(-c2nn3c(N4CCCC4)cccc3c2C(=O)C=CN(C)C)cc1. The van der Waals surface area contributed by atoms with Crippen LogP contribution in [0.2, 0.25) is 0 Å². The number of methoxy groups -OCH3 is 1. The fraction of sp³-hybridized carbons (Fsp3) is 0.304. The van der Waals surface area contributed by atoms with E-state index in [9.17, 15) is 4.79 Å². The van der Waals surface area contributed by atoms with Crippen LogP contribution in [0.1, 0.15) is 23.2 Å². The Bertz CT molecular complexity index is 1040. The topological polar surface area (TPSA) is 50.1 Å². The number of benzene rings is 1. The standard InChI is InChI=1S/C23H26N4O2/c1-25(2)16-13-20(28)22-19-7-6-8-21(26-14-4-5-15-26)27(19)24-23(22)17-9-11-18(29-3)12-10-17/h6-13,16H,4-5,14-15H2,1-3H3. The van der Waals surface area contributed by atoms with Gasteiger partial charge in [0.1, 0.15) is 17.3 Å². The Labute approximate surface area is 171 Å². The minimum Gasteiger partial charge on any atom is -0.497 e. The molecule has 6 nitrogen and oxygen atoms in total. The summed E-state index contributed by atoms with van der Waals surface area (Å²) in [5.41, 5.74) is 3.03. The molecule has 1 saturated heterocycles. The molecule has 0 amide bonds. The van der Waals surface area contributed by atoms with Gasteiger partial charge < -0.3 is 14.5 Å². The predicted octanol–water partition coefficient (Wildman–Crippen LogP) is 3.87. The number of carbonyl (C=O) groups excluding carboxylic acids is 1. The number of ketones is 1. The maximum atomic E-state index is 13.2. The lowest BCUT2D eigenvalue weighted by Gasteiger charge is -2.18. The number of carbonyl (C=O) groups is 1. The van der Waals surface area contributed by atoms with Crippen molar-refractivity contribution in [1.29, 1.82) is 0 Å². The van der Waals surface area contributed by atoms with Crippen molar-refractivity contribution < 1.29 is 9.53 Å². The number of anilines is 1. The number of hydrogen-bond donors (Lipinski definition) is 0. The summed E-state index contributed by atoms with van der Waals surface area (Å²) in [5.74, 6) is 1.75. The Balaban J connectivity index is 1.90. The van der Waals surface area contributed by atoms with E-state index in [1.165, 1.54) is 12.8 Å². The van der Waals surface area contributed by atoms with Crippen molar-refractivity contribution in [2.45, 2.75) is 12.8 Å². The zero-order chi connectivity index (χ0) is 20.4. The number of ether oxygens (including phenoxy) is 1. The van der Waals surface area contributed by atoms with Crippen molar-refractivity contribution in [3.8, 4) is 17.0 Å². The number of aromatic nitrogens is 2. The second-order valence-corrected chi connectivity index (χ2v) is 7.47. The molecule has 0 unspecified atom stereocenters. The maximum absolute atomic E-state index is 13.2. The first-order valence-electron chi connectivity index (χ1n) is 9.88. The summed E-state index contributed by atoms with van der Waals surface area (Å²) in [4.78, 5) is 17.4. The third-order valence-corrected chi connectivity index (χ3v) is 5.20. The van der Waals surface area contributed by atoms with Crippen LogP contribution in [-0.4, -0.2) is 54.6 Å². The van der Waals surface area contributed by atoms with Crippen LogP contribution in [0.15, 0.2) is 54.7 Å². The van der Waals surface area contributed by atoms with E-state index in [1.54, 1.807) is 19.4 Å². The Morgan fingerprint density at radius 1 is 1.10 bits per heavy atom. The van der Waals surface area contributed by atoms with Crippen LogP contribution in [0.25, 0.3) is 16.8 Å². The van der Waals surface area contributed by atoms with Gasteiger partial charge in [-0.05, 0) is 49.2 Å². The summed E-state index contributed by atoms with van der Waals surface area (Å²) in [5, 5.41) is 4.90. The van der Waals surface area contributed by atoms with E-state index in [4.69, 9.17) is 9.84 Å². The lowest BCUT2D eigenvalue weighted by molar-refractivity contribution is 0.104. The van der Waals surface area contributed by atoms with Crippen molar-refractivity contribution >= 4 is 17.1 Å². The molecule has 0 saturated carbocycles. The third kappa shape index (κ3) is 3.70. The largest absolute Gasteiger partial charge is 0.497 e. The molecule has 2 aromatic heterocycles. The fourth-order valence-electron chi connectivity index (χ4n) is 3.74. The average molecular weight is 390 g/mol. The first-order chi connectivity index (χ1) is 14.1. The number of allylic oxidation sites excluding steroid dienone is 1. The third-order valence-electron chi connectivity index (χ3n) is 5.20. The quantitative estimate of drug-likeness (QED) is 0.472. The van der Waals surface area contributed by atoms with Crippen LogP contribution in [0, 0.1) is 0 Å². The van der Waals surface area contributed by atoms with E-state index in [2.05, 4.69) is 11.0 Å². The van der Waals surface area contributed by atoms with Crippen molar-refractivity contribution in [3.05, 3.63) is 60.3 Å². The van der Waals surface area contributed by atoms with Gasteiger partial charge in [-0.1, -0.05) is 6.07 Å². The van der Waals surface area contributed by atoms with Gasteiger partial charge in [0.25, 0.3) is 0 Å². The van der Waals surface area contributed by atoms with Gasteiger partial charge in [-0.15, -0.1) is 0 Å². The van der Waals surface area contributed by atoms with Gasteiger partial charge in [0, 0.05) is 45.0 Å². The molecule has 4 rings (SSSR count). The summed E-state index contributed by atoms with van der Waals surface area (Å²) in [6.07, 6.45) is 5.74. The molecule has 0 aliphatic carbocycles. The minimum atomic E-state index is -0.0573. The highest BCUT2D eigenvalue weighted by Crippen LogP contribution is 2.31. The van der Waals surface area contributed by atoms with Crippen LogP contribution in [0.4, 0.5) is 5.82 Å². The maximum Gasteiger partial charge on any atom is 0.191 e. The van der Waals surface area contributed by atoms with Crippen LogP contribution in [0.3, 0.4) is 0 Å². The van der Waals surface area contributed by atoms with Gasteiger partial charge in [-0.3, -0.25) is 4.79 Å². The van der Waals surface area contributed by atoms with E-state index in [0.29, 0.717) is 11.3 Å². The average Bonchev–Trinajstić information content (AvgIpc) is 3.40. The zero-order valence-electron chi connectivity index (χ0n) is 17.1. The highest BCUT2D eigenvalue weighted by Gasteiger charge is 2.23. The normalized spacial score (nSPS) is 14.1. The van der Waals surface area contributed by atoms with E-state index in [-0.39, 0.29) is 5.78 Å². The molecule has 1 fully saturated rings. The fourth-order valence-corrected chi connectivity index (χ4v) is 3.74. The van der Waals surface area contributed by atoms with Gasteiger partial charge in [-0.2, -0.15) is 5.10 Å².